The maximum absolute atomic E-state index is 13.6. The lowest BCUT2D eigenvalue weighted by Gasteiger charge is -2.32. The zero-order valence-corrected chi connectivity index (χ0v) is 18.2. The van der Waals surface area contributed by atoms with Crippen molar-refractivity contribution in [3.05, 3.63) is 108 Å². The molecule has 0 aliphatic carbocycles. The maximum Gasteiger partial charge on any atom is 0.331 e. The van der Waals surface area contributed by atoms with E-state index in [-0.39, 0.29) is 18.4 Å². The van der Waals surface area contributed by atoms with Crippen LogP contribution in [0, 0.1) is 5.92 Å². The average Bonchev–Trinajstić information content (AvgIpc) is 2.81. The lowest BCUT2D eigenvalue weighted by atomic mass is 9.97. The zero-order chi connectivity index (χ0) is 22.1. The number of carbonyl (C=O) groups is 2. The number of carbonyl (C=O) groups excluding carboxylic acids is 1. The Morgan fingerprint density at radius 3 is 1.84 bits per heavy atom. The molecule has 3 aromatic rings. The molecular formula is C26H27NO3S. The van der Waals surface area contributed by atoms with Gasteiger partial charge >= 0.3 is 5.97 Å². The Balaban J connectivity index is 1.89. The average molecular weight is 434 g/mol. The molecule has 1 amide bonds. The van der Waals surface area contributed by atoms with Gasteiger partial charge in [0, 0.05) is 18.2 Å². The number of thiol groups is 1. The highest BCUT2D eigenvalue weighted by Gasteiger charge is 2.34. The lowest BCUT2D eigenvalue weighted by molar-refractivity contribution is -0.153. The van der Waals surface area contributed by atoms with Gasteiger partial charge in [-0.1, -0.05) is 91.0 Å². The molecule has 0 aliphatic heterocycles. The molecular weight excluding hydrogens is 406 g/mol. The van der Waals surface area contributed by atoms with Crippen molar-refractivity contribution in [2.24, 2.45) is 5.92 Å². The Labute approximate surface area is 188 Å². The summed E-state index contributed by atoms with van der Waals surface area (Å²) in [7, 11) is 0. The van der Waals surface area contributed by atoms with Crippen molar-refractivity contribution >= 4 is 24.5 Å². The molecule has 0 fully saturated rings. The number of aryl methyl sites for hydroxylation is 1. The minimum atomic E-state index is -1.06. The molecule has 0 aromatic heterocycles. The van der Waals surface area contributed by atoms with Crippen molar-refractivity contribution in [3.8, 4) is 0 Å². The molecule has 2 atom stereocenters. The predicted molar refractivity (Wildman–Crippen MR) is 126 cm³/mol. The highest BCUT2D eigenvalue weighted by atomic mass is 32.1. The third-order valence-corrected chi connectivity index (χ3v) is 5.77. The predicted octanol–water partition coefficient (Wildman–Crippen LogP) is 5.02. The molecule has 3 aromatic carbocycles. The van der Waals surface area contributed by atoms with Crippen LogP contribution < -0.4 is 0 Å². The number of carboxylic acids is 1. The van der Waals surface area contributed by atoms with Crippen LogP contribution in [0.2, 0.25) is 0 Å². The summed E-state index contributed by atoms with van der Waals surface area (Å²) < 4.78 is 0. The number of carboxylic acid groups (broad SMARTS) is 1. The SMILES string of the molecule is O=C(O)C(c1ccccc1)N(Cc1ccccc1)C(=O)C(CS)CCc1ccccc1. The lowest BCUT2D eigenvalue weighted by Crippen LogP contribution is -2.42. The summed E-state index contributed by atoms with van der Waals surface area (Å²) in [6, 6.07) is 27.3. The highest BCUT2D eigenvalue weighted by molar-refractivity contribution is 7.80. The Kier molecular flexibility index (Phi) is 8.30. The topological polar surface area (TPSA) is 57.6 Å². The summed E-state index contributed by atoms with van der Waals surface area (Å²) in [5.74, 6) is -1.25. The van der Waals surface area contributed by atoms with Gasteiger partial charge < -0.3 is 10.0 Å². The first-order valence-corrected chi connectivity index (χ1v) is 11.0. The van der Waals surface area contributed by atoms with E-state index >= 15 is 0 Å². The van der Waals surface area contributed by atoms with E-state index in [2.05, 4.69) is 12.6 Å². The van der Waals surface area contributed by atoms with Gasteiger partial charge in [0.15, 0.2) is 6.04 Å². The first kappa shape index (κ1) is 22.6. The Bertz CT molecular complexity index is 964. The van der Waals surface area contributed by atoms with E-state index < -0.39 is 12.0 Å². The van der Waals surface area contributed by atoms with Crippen LogP contribution in [0.25, 0.3) is 0 Å². The van der Waals surface area contributed by atoms with Gasteiger partial charge in [-0.3, -0.25) is 4.79 Å². The van der Waals surface area contributed by atoms with Crippen molar-refractivity contribution in [3.63, 3.8) is 0 Å². The second-order valence-corrected chi connectivity index (χ2v) is 7.87. The molecule has 4 nitrogen and oxygen atoms in total. The fourth-order valence-corrected chi connectivity index (χ4v) is 4.02. The summed E-state index contributed by atoms with van der Waals surface area (Å²) in [6.45, 7) is 0.223. The van der Waals surface area contributed by atoms with E-state index in [1.165, 1.54) is 4.90 Å². The smallest absolute Gasteiger partial charge is 0.331 e. The third-order valence-electron chi connectivity index (χ3n) is 5.33. The summed E-state index contributed by atoms with van der Waals surface area (Å²) >= 11 is 4.43. The Morgan fingerprint density at radius 2 is 1.32 bits per heavy atom. The fraction of sp³-hybridized carbons (Fsp3) is 0.231. The number of hydrogen-bond donors (Lipinski definition) is 2. The van der Waals surface area contributed by atoms with Gasteiger partial charge in [0.1, 0.15) is 0 Å². The first-order valence-electron chi connectivity index (χ1n) is 10.4. The molecule has 5 heteroatoms. The molecule has 0 aliphatic rings. The van der Waals surface area contributed by atoms with Gasteiger partial charge in [-0.2, -0.15) is 12.6 Å². The number of amides is 1. The molecule has 31 heavy (non-hydrogen) atoms. The molecule has 1 N–H and O–H groups in total. The van der Waals surface area contributed by atoms with Crippen LogP contribution in [0.4, 0.5) is 0 Å². The normalized spacial score (nSPS) is 12.7. The summed E-state index contributed by atoms with van der Waals surface area (Å²) in [4.78, 5) is 27.4. The molecule has 0 heterocycles. The maximum atomic E-state index is 13.6. The second kappa shape index (κ2) is 11.4. The molecule has 160 valence electrons. The number of aliphatic carboxylic acids is 1. The van der Waals surface area contributed by atoms with Crippen LogP contribution in [-0.2, 0) is 22.6 Å². The quantitative estimate of drug-likeness (QED) is 0.442. The van der Waals surface area contributed by atoms with Crippen molar-refractivity contribution in [2.75, 3.05) is 5.75 Å². The third kappa shape index (κ3) is 6.22. The van der Waals surface area contributed by atoms with Crippen molar-refractivity contribution in [2.45, 2.75) is 25.4 Å². The van der Waals surface area contributed by atoms with Crippen LogP contribution in [0.5, 0.6) is 0 Å². The zero-order valence-electron chi connectivity index (χ0n) is 17.3. The molecule has 2 unspecified atom stereocenters. The number of hydrogen-bond acceptors (Lipinski definition) is 3. The molecule has 0 saturated heterocycles. The Morgan fingerprint density at radius 1 is 0.806 bits per heavy atom. The van der Waals surface area contributed by atoms with E-state index in [4.69, 9.17) is 0 Å². The Hall–Kier alpha value is -3.05. The second-order valence-electron chi connectivity index (χ2n) is 7.51. The van der Waals surface area contributed by atoms with Gasteiger partial charge in [-0.25, -0.2) is 4.79 Å². The highest BCUT2D eigenvalue weighted by Crippen LogP contribution is 2.27. The fourth-order valence-electron chi connectivity index (χ4n) is 3.68. The van der Waals surface area contributed by atoms with E-state index in [0.717, 1.165) is 17.5 Å². The van der Waals surface area contributed by atoms with Crippen molar-refractivity contribution in [1.29, 1.82) is 0 Å². The van der Waals surface area contributed by atoms with E-state index in [9.17, 15) is 14.7 Å². The van der Waals surface area contributed by atoms with Gasteiger partial charge in [0.2, 0.25) is 5.91 Å². The standard InChI is InChI=1S/C26H27NO3S/c28-25(23(19-31)17-16-20-10-4-1-5-11-20)27(18-21-12-6-2-7-13-21)24(26(29)30)22-14-8-3-9-15-22/h1-15,23-24,31H,16-19H2,(H,29,30). The molecule has 0 bridgehead atoms. The summed E-state index contributed by atoms with van der Waals surface area (Å²) in [5, 5.41) is 10.1. The molecule has 0 saturated carbocycles. The van der Waals surface area contributed by atoms with Gasteiger partial charge in [-0.15, -0.1) is 0 Å². The van der Waals surface area contributed by atoms with Crippen LogP contribution >= 0.6 is 12.6 Å². The van der Waals surface area contributed by atoms with Crippen LogP contribution in [0.1, 0.15) is 29.2 Å². The molecule has 0 radical (unpaired) electrons. The minimum Gasteiger partial charge on any atom is -0.479 e. The van der Waals surface area contributed by atoms with Crippen LogP contribution in [0.3, 0.4) is 0 Å². The minimum absolute atomic E-state index is 0.189. The van der Waals surface area contributed by atoms with Gasteiger partial charge in [-0.05, 0) is 29.5 Å². The molecule has 0 spiro atoms. The first-order chi connectivity index (χ1) is 15.1. The monoisotopic (exact) mass is 433 g/mol. The number of nitrogens with zero attached hydrogens (tertiary/aromatic N) is 1. The van der Waals surface area contributed by atoms with Crippen LogP contribution in [-0.4, -0.2) is 27.6 Å². The van der Waals surface area contributed by atoms with Gasteiger partial charge in [0.05, 0.1) is 0 Å². The van der Waals surface area contributed by atoms with Crippen LogP contribution in [0.15, 0.2) is 91.0 Å². The van der Waals surface area contributed by atoms with E-state index in [0.29, 0.717) is 17.7 Å². The van der Waals surface area contributed by atoms with Gasteiger partial charge in [0.25, 0.3) is 0 Å². The van der Waals surface area contributed by atoms with Crippen molar-refractivity contribution < 1.29 is 14.7 Å². The largest absolute Gasteiger partial charge is 0.479 e. The number of rotatable bonds is 10. The van der Waals surface area contributed by atoms with E-state index in [1.54, 1.807) is 24.3 Å². The summed E-state index contributed by atoms with van der Waals surface area (Å²) in [6.07, 6.45) is 1.35. The number of benzene rings is 3. The van der Waals surface area contributed by atoms with E-state index in [1.807, 2.05) is 66.7 Å². The van der Waals surface area contributed by atoms with Crippen molar-refractivity contribution in [1.82, 2.24) is 4.90 Å². The molecule has 3 rings (SSSR count). The summed E-state index contributed by atoms with van der Waals surface area (Å²) in [5.41, 5.74) is 2.62.